The third kappa shape index (κ3) is 5.48. The Morgan fingerprint density at radius 3 is 2.65 bits per heavy atom. The summed E-state index contributed by atoms with van der Waals surface area (Å²) >= 11 is 0. The lowest BCUT2D eigenvalue weighted by Crippen LogP contribution is -2.34. The normalized spacial score (nSPS) is 20.4. The van der Waals surface area contributed by atoms with E-state index in [1.54, 1.807) is 29.7 Å². The molecule has 0 saturated heterocycles. The molecule has 10 heteroatoms. The van der Waals surface area contributed by atoms with Crippen molar-refractivity contribution in [2.75, 3.05) is 13.6 Å². The lowest BCUT2D eigenvalue weighted by Gasteiger charge is -2.29. The van der Waals surface area contributed by atoms with Crippen molar-refractivity contribution in [2.24, 2.45) is 18.9 Å². The van der Waals surface area contributed by atoms with Gasteiger partial charge in [0.1, 0.15) is 23.7 Å². The Balaban J connectivity index is 1.41. The molecule has 0 aliphatic heterocycles. The predicted octanol–water partition coefficient (Wildman–Crippen LogP) is 3.58. The van der Waals surface area contributed by atoms with E-state index in [-0.39, 0.29) is 24.7 Å². The molecule has 0 radical (unpaired) electrons. The summed E-state index contributed by atoms with van der Waals surface area (Å²) in [6.07, 6.45) is 5.94. The van der Waals surface area contributed by atoms with E-state index in [2.05, 4.69) is 15.3 Å². The van der Waals surface area contributed by atoms with Crippen molar-refractivity contribution in [1.82, 2.24) is 24.9 Å². The van der Waals surface area contributed by atoms with Crippen molar-refractivity contribution < 1.29 is 24.2 Å². The molecule has 10 nitrogen and oxygen atoms in total. The molecule has 184 valence electrons. The number of carbonyl (C=O) groups excluding carboxylic acids is 1. The van der Waals surface area contributed by atoms with Gasteiger partial charge < -0.3 is 19.5 Å². The van der Waals surface area contributed by atoms with Crippen molar-refractivity contribution in [3.63, 3.8) is 0 Å². The Morgan fingerprint density at radius 1 is 1.21 bits per heavy atom. The first-order valence-electron chi connectivity index (χ1n) is 12.0. The second-order valence-electron chi connectivity index (χ2n) is 9.46. The first-order chi connectivity index (χ1) is 16.3. The number of hydrogen-bond donors (Lipinski definition) is 1. The maximum Gasteiger partial charge on any atom is 0.409 e. The number of carbonyl (C=O) groups is 2. The molecule has 2 aliphatic rings. The molecular formula is C24H33N5O5. The summed E-state index contributed by atoms with van der Waals surface area (Å²) in [5, 5.41) is 17.6. The number of aromatic nitrogens is 4. The van der Waals surface area contributed by atoms with Gasteiger partial charge in [0.05, 0.1) is 23.4 Å². The van der Waals surface area contributed by atoms with E-state index in [1.165, 1.54) is 19.3 Å². The molecule has 1 N–H and O–H groups in total. The highest BCUT2D eigenvalue weighted by atomic mass is 16.6. The molecule has 2 heterocycles. The molecule has 1 amide bonds. The van der Waals surface area contributed by atoms with Gasteiger partial charge >= 0.3 is 12.1 Å². The van der Waals surface area contributed by atoms with Gasteiger partial charge in [0.2, 0.25) is 0 Å². The van der Waals surface area contributed by atoms with Crippen LogP contribution >= 0.6 is 0 Å². The Labute approximate surface area is 199 Å². The second-order valence-corrected chi connectivity index (χ2v) is 9.46. The maximum atomic E-state index is 12.4. The maximum absolute atomic E-state index is 12.4. The van der Waals surface area contributed by atoms with Crippen molar-refractivity contribution in [2.45, 2.75) is 64.6 Å². The molecule has 2 saturated carbocycles. The highest BCUT2D eigenvalue weighted by Gasteiger charge is 2.29. The van der Waals surface area contributed by atoms with E-state index in [1.807, 2.05) is 13.0 Å². The van der Waals surface area contributed by atoms with Crippen LogP contribution < -0.4 is 4.74 Å². The fourth-order valence-electron chi connectivity index (χ4n) is 4.58. The van der Waals surface area contributed by atoms with Crippen LogP contribution in [0.4, 0.5) is 4.79 Å². The van der Waals surface area contributed by atoms with E-state index in [0.717, 1.165) is 12.8 Å². The Bertz CT molecular complexity index is 1030. The number of rotatable bonds is 8. The van der Waals surface area contributed by atoms with Crippen LogP contribution in [0.1, 0.15) is 56.3 Å². The van der Waals surface area contributed by atoms with Crippen LogP contribution in [0.3, 0.4) is 0 Å². The largest absolute Gasteiger partial charge is 0.489 e. The monoisotopic (exact) mass is 471 g/mol. The number of aryl methyl sites for hydroxylation is 2. The summed E-state index contributed by atoms with van der Waals surface area (Å²) in [6, 6.07) is 3.64. The molecule has 2 aromatic rings. The Hall–Kier alpha value is -3.17. The molecule has 2 atom stereocenters. The molecule has 2 fully saturated rings. The van der Waals surface area contributed by atoms with Gasteiger partial charge in [-0.05, 0) is 63.5 Å². The van der Waals surface area contributed by atoms with E-state index < -0.39 is 5.97 Å². The lowest BCUT2D eigenvalue weighted by molar-refractivity contribution is -0.143. The van der Waals surface area contributed by atoms with Gasteiger partial charge in [-0.1, -0.05) is 11.6 Å². The molecule has 0 spiro atoms. The van der Waals surface area contributed by atoms with Crippen LogP contribution in [-0.2, 0) is 23.2 Å². The number of ether oxygens (including phenoxy) is 2. The Morgan fingerprint density at radius 2 is 1.97 bits per heavy atom. The topological polar surface area (TPSA) is 120 Å². The average molecular weight is 472 g/mol. The first-order valence-corrected chi connectivity index (χ1v) is 12.0. The summed E-state index contributed by atoms with van der Waals surface area (Å²) in [5.74, 6) is 0.0878. The minimum atomic E-state index is -0.761. The summed E-state index contributed by atoms with van der Waals surface area (Å²) in [6.45, 7) is 2.61. The molecule has 34 heavy (non-hydrogen) atoms. The van der Waals surface area contributed by atoms with Crippen LogP contribution in [0.25, 0.3) is 11.4 Å². The van der Waals surface area contributed by atoms with Crippen molar-refractivity contribution in [3.05, 3.63) is 23.5 Å². The third-order valence-electron chi connectivity index (χ3n) is 6.89. The highest BCUT2D eigenvalue weighted by molar-refractivity contribution is 5.70. The van der Waals surface area contributed by atoms with E-state index in [4.69, 9.17) is 9.47 Å². The zero-order valence-corrected chi connectivity index (χ0v) is 20.1. The number of carboxylic acids is 1. The molecule has 0 aromatic carbocycles. The number of carboxylic acid groups (broad SMARTS) is 1. The fraction of sp³-hybridized carbons (Fsp3) is 0.625. The fourth-order valence-corrected chi connectivity index (χ4v) is 4.58. The second kappa shape index (κ2) is 10.4. The molecule has 2 aliphatic carbocycles. The third-order valence-corrected chi connectivity index (χ3v) is 6.89. The number of amides is 1. The van der Waals surface area contributed by atoms with Gasteiger partial charge in [0, 0.05) is 20.6 Å². The minimum Gasteiger partial charge on any atom is -0.489 e. The first kappa shape index (κ1) is 24.0. The van der Waals surface area contributed by atoms with Crippen LogP contribution in [0, 0.1) is 18.8 Å². The minimum absolute atomic E-state index is 0.0459. The van der Waals surface area contributed by atoms with Crippen molar-refractivity contribution in [1.29, 1.82) is 0 Å². The van der Waals surface area contributed by atoms with Gasteiger partial charge in [-0.25, -0.2) is 14.5 Å². The lowest BCUT2D eigenvalue weighted by atomic mass is 9.85. The molecule has 1 unspecified atom stereocenters. The van der Waals surface area contributed by atoms with Crippen molar-refractivity contribution in [3.8, 4) is 17.1 Å². The quantitative estimate of drug-likeness (QED) is 0.620. The number of aliphatic carboxylic acids is 1. The van der Waals surface area contributed by atoms with Gasteiger partial charge in [0.25, 0.3) is 0 Å². The number of pyridine rings is 1. The molecule has 4 rings (SSSR count). The van der Waals surface area contributed by atoms with Gasteiger partial charge in [-0.15, -0.1) is 5.10 Å². The Kier molecular flexibility index (Phi) is 7.33. The van der Waals surface area contributed by atoms with Crippen LogP contribution in [0.5, 0.6) is 5.75 Å². The van der Waals surface area contributed by atoms with Crippen LogP contribution in [0.2, 0.25) is 0 Å². The average Bonchev–Trinajstić information content (AvgIpc) is 3.16. The SMILES string of the molecule is Cc1nc(-c2nnn(C)c2COC(=O)N(C)CC2CCC2)ccc1O[C@H]1CCCC(C(=O)O)C1. The van der Waals surface area contributed by atoms with Crippen molar-refractivity contribution >= 4 is 12.1 Å². The summed E-state index contributed by atoms with van der Waals surface area (Å²) < 4.78 is 13.2. The number of hydrogen-bond acceptors (Lipinski definition) is 7. The zero-order valence-electron chi connectivity index (χ0n) is 20.1. The number of nitrogens with zero attached hydrogens (tertiary/aromatic N) is 5. The smallest absolute Gasteiger partial charge is 0.409 e. The van der Waals surface area contributed by atoms with Gasteiger partial charge in [-0.2, -0.15) is 0 Å². The molecule has 0 bridgehead atoms. The van der Waals surface area contributed by atoms with E-state index >= 15 is 0 Å². The summed E-state index contributed by atoms with van der Waals surface area (Å²) in [7, 11) is 3.52. The van der Waals surface area contributed by atoms with Gasteiger partial charge in [0.15, 0.2) is 0 Å². The molecule has 2 aromatic heterocycles. The van der Waals surface area contributed by atoms with Gasteiger partial charge in [-0.3, -0.25) is 4.79 Å². The predicted molar refractivity (Wildman–Crippen MR) is 123 cm³/mol. The summed E-state index contributed by atoms with van der Waals surface area (Å²) in [4.78, 5) is 30.0. The molecular weight excluding hydrogens is 438 g/mol. The van der Waals surface area contributed by atoms with E-state index in [0.29, 0.717) is 53.8 Å². The standard InChI is InChI=1S/C24H33N5O5/c1-15-21(34-18-9-5-8-17(12-18)23(30)31)11-10-19(25-15)22-20(29(3)27-26-22)14-33-24(32)28(2)13-16-6-4-7-16/h10-11,16-18H,4-9,12-14H2,1-3H3,(H,30,31)/t17?,18-/m0/s1. The zero-order chi connectivity index (χ0) is 24.2. The summed E-state index contributed by atoms with van der Waals surface area (Å²) in [5.41, 5.74) is 2.50. The van der Waals surface area contributed by atoms with Crippen LogP contribution in [-0.4, -0.2) is 61.7 Å². The van der Waals surface area contributed by atoms with E-state index in [9.17, 15) is 14.7 Å². The highest BCUT2D eigenvalue weighted by Crippen LogP contribution is 2.31. The van der Waals surface area contributed by atoms with Crippen LogP contribution in [0.15, 0.2) is 12.1 Å².